The van der Waals surface area contributed by atoms with Crippen LogP contribution in [0.3, 0.4) is 0 Å². The minimum Gasteiger partial charge on any atom is -0.348 e. The molecule has 2 heterocycles. The molecular weight excluding hydrogens is 266 g/mol. The van der Waals surface area contributed by atoms with E-state index < -0.39 is 0 Å². The van der Waals surface area contributed by atoms with Crippen LogP contribution in [0, 0.1) is 6.92 Å². The average molecular weight is 280 g/mol. The van der Waals surface area contributed by atoms with Gasteiger partial charge in [-0.15, -0.1) is 0 Å². The van der Waals surface area contributed by atoms with Crippen LogP contribution in [0.2, 0.25) is 5.28 Å². The van der Waals surface area contributed by atoms with E-state index in [0.29, 0.717) is 18.4 Å². The maximum absolute atomic E-state index is 5.85. The van der Waals surface area contributed by atoms with Gasteiger partial charge in [0.25, 0.3) is 0 Å². The third-order valence-electron chi connectivity index (χ3n) is 2.26. The molecule has 0 aromatic carbocycles. The minimum atomic E-state index is 0.153. The van der Waals surface area contributed by atoms with Gasteiger partial charge in [-0.3, -0.25) is 0 Å². The van der Waals surface area contributed by atoms with Gasteiger partial charge in [0.2, 0.25) is 17.2 Å². The summed E-state index contributed by atoms with van der Waals surface area (Å²) in [5, 5.41) is 3.21. The lowest BCUT2D eigenvalue weighted by Gasteiger charge is -2.11. The lowest BCUT2D eigenvalue weighted by atomic mass is 10.4. The summed E-state index contributed by atoms with van der Waals surface area (Å²) >= 11 is 5.85. The standard InChI is InChI=1S/C11H14ClN7/c1-7-13-5-4-8(15-7)6-14-10-16-9(12)17-11(18-10)19(2)3/h4-5H,6H2,1-3H3,(H,14,16,17,18). The lowest BCUT2D eigenvalue weighted by molar-refractivity contribution is 0.915. The maximum atomic E-state index is 5.85. The van der Waals surface area contributed by atoms with Crippen molar-refractivity contribution in [3.8, 4) is 0 Å². The second-order valence-corrected chi connectivity index (χ2v) is 4.41. The Labute approximate surface area is 116 Å². The molecule has 0 bridgehead atoms. The number of rotatable bonds is 4. The summed E-state index contributed by atoms with van der Waals surface area (Å²) in [6.07, 6.45) is 1.71. The van der Waals surface area contributed by atoms with E-state index in [-0.39, 0.29) is 5.28 Å². The van der Waals surface area contributed by atoms with Gasteiger partial charge >= 0.3 is 0 Å². The molecule has 0 saturated heterocycles. The molecule has 2 rings (SSSR count). The number of halogens is 1. The molecule has 0 saturated carbocycles. The Hall–Kier alpha value is -2.02. The van der Waals surface area contributed by atoms with E-state index in [4.69, 9.17) is 11.6 Å². The van der Waals surface area contributed by atoms with Crippen LogP contribution in [-0.4, -0.2) is 39.0 Å². The normalized spacial score (nSPS) is 10.3. The smallest absolute Gasteiger partial charge is 0.230 e. The van der Waals surface area contributed by atoms with Gasteiger partial charge in [-0.2, -0.15) is 15.0 Å². The van der Waals surface area contributed by atoms with Gasteiger partial charge in [0, 0.05) is 20.3 Å². The van der Waals surface area contributed by atoms with Crippen LogP contribution in [0.1, 0.15) is 11.5 Å². The fraction of sp³-hybridized carbons (Fsp3) is 0.364. The molecule has 19 heavy (non-hydrogen) atoms. The van der Waals surface area contributed by atoms with Crippen LogP contribution < -0.4 is 10.2 Å². The first-order valence-electron chi connectivity index (χ1n) is 5.66. The zero-order chi connectivity index (χ0) is 13.8. The number of aryl methyl sites for hydroxylation is 1. The first-order chi connectivity index (χ1) is 9.04. The maximum Gasteiger partial charge on any atom is 0.230 e. The van der Waals surface area contributed by atoms with Crippen LogP contribution in [0.5, 0.6) is 0 Å². The Balaban J connectivity index is 2.11. The second kappa shape index (κ2) is 5.75. The van der Waals surface area contributed by atoms with Gasteiger partial charge in [-0.05, 0) is 24.6 Å². The number of nitrogens with zero attached hydrogens (tertiary/aromatic N) is 6. The summed E-state index contributed by atoms with van der Waals surface area (Å²) in [7, 11) is 3.67. The quantitative estimate of drug-likeness (QED) is 0.903. The number of anilines is 2. The average Bonchev–Trinajstić information content (AvgIpc) is 2.36. The monoisotopic (exact) mass is 279 g/mol. The highest BCUT2D eigenvalue weighted by molar-refractivity contribution is 6.28. The van der Waals surface area contributed by atoms with E-state index in [0.717, 1.165) is 11.5 Å². The number of hydrogen-bond acceptors (Lipinski definition) is 7. The van der Waals surface area contributed by atoms with Crippen molar-refractivity contribution >= 4 is 23.5 Å². The molecule has 0 aliphatic heterocycles. The molecule has 0 spiro atoms. The van der Waals surface area contributed by atoms with Crippen molar-refractivity contribution in [2.24, 2.45) is 0 Å². The molecule has 7 nitrogen and oxygen atoms in total. The van der Waals surface area contributed by atoms with E-state index in [9.17, 15) is 0 Å². The predicted octanol–water partition coefficient (Wildman–Crippen LogP) is 1.30. The van der Waals surface area contributed by atoms with E-state index in [2.05, 4.69) is 30.2 Å². The molecule has 0 fully saturated rings. The summed E-state index contributed by atoms with van der Waals surface area (Å²) in [5.41, 5.74) is 0.857. The molecule has 0 aliphatic rings. The zero-order valence-electron chi connectivity index (χ0n) is 10.9. The molecular formula is C11H14ClN7. The van der Waals surface area contributed by atoms with Gasteiger partial charge in [0.05, 0.1) is 12.2 Å². The summed E-state index contributed by atoms with van der Waals surface area (Å²) in [5.74, 6) is 1.64. The van der Waals surface area contributed by atoms with Crippen molar-refractivity contribution in [1.82, 2.24) is 24.9 Å². The summed E-state index contributed by atoms with van der Waals surface area (Å²) in [6, 6.07) is 1.83. The Kier molecular flexibility index (Phi) is 4.06. The van der Waals surface area contributed by atoms with E-state index >= 15 is 0 Å². The molecule has 0 unspecified atom stereocenters. The molecule has 100 valence electrons. The Morgan fingerprint density at radius 1 is 1.21 bits per heavy atom. The fourth-order valence-corrected chi connectivity index (χ4v) is 1.55. The number of aromatic nitrogens is 5. The minimum absolute atomic E-state index is 0.153. The first kappa shape index (κ1) is 13.4. The summed E-state index contributed by atoms with van der Waals surface area (Å²) in [4.78, 5) is 22.3. The molecule has 1 N–H and O–H groups in total. The van der Waals surface area contributed by atoms with E-state index in [1.165, 1.54) is 0 Å². The highest BCUT2D eigenvalue weighted by atomic mass is 35.5. The van der Waals surface area contributed by atoms with Crippen LogP contribution in [0.15, 0.2) is 12.3 Å². The van der Waals surface area contributed by atoms with Gasteiger partial charge in [-0.1, -0.05) is 0 Å². The van der Waals surface area contributed by atoms with Crippen molar-refractivity contribution in [2.75, 3.05) is 24.3 Å². The van der Waals surface area contributed by atoms with E-state index in [1.807, 2.05) is 27.1 Å². The Bertz CT molecular complexity index is 573. The molecule has 8 heteroatoms. The van der Waals surface area contributed by atoms with Crippen LogP contribution >= 0.6 is 11.6 Å². The predicted molar refractivity (Wildman–Crippen MR) is 73.3 cm³/mol. The summed E-state index contributed by atoms with van der Waals surface area (Å²) < 4.78 is 0. The van der Waals surface area contributed by atoms with E-state index in [1.54, 1.807) is 11.1 Å². The van der Waals surface area contributed by atoms with Gasteiger partial charge in [0.1, 0.15) is 5.82 Å². The third-order valence-corrected chi connectivity index (χ3v) is 2.43. The molecule has 0 radical (unpaired) electrons. The highest BCUT2D eigenvalue weighted by Gasteiger charge is 2.06. The molecule has 0 amide bonds. The third kappa shape index (κ3) is 3.72. The first-order valence-corrected chi connectivity index (χ1v) is 6.03. The van der Waals surface area contributed by atoms with Crippen molar-refractivity contribution in [3.05, 3.63) is 29.1 Å². The lowest BCUT2D eigenvalue weighted by Crippen LogP contribution is -2.15. The van der Waals surface area contributed by atoms with Crippen LogP contribution in [0.4, 0.5) is 11.9 Å². The highest BCUT2D eigenvalue weighted by Crippen LogP contribution is 2.12. The van der Waals surface area contributed by atoms with Crippen molar-refractivity contribution in [1.29, 1.82) is 0 Å². The molecule has 2 aromatic rings. The largest absolute Gasteiger partial charge is 0.348 e. The van der Waals surface area contributed by atoms with Crippen LogP contribution in [0.25, 0.3) is 0 Å². The topological polar surface area (TPSA) is 79.7 Å². The van der Waals surface area contributed by atoms with Crippen molar-refractivity contribution in [3.63, 3.8) is 0 Å². The van der Waals surface area contributed by atoms with Crippen molar-refractivity contribution < 1.29 is 0 Å². The van der Waals surface area contributed by atoms with Gasteiger partial charge in [-0.25, -0.2) is 9.97 Å². The zero-order valence-corrected chi connectivity index (χ0v) is 11.7. The fourth-order valence-electron chi connectivity index (χ4n) is 1.39. The van der Waals surface area contributed by atoms with Crippen LogP contribution in [-0.2, 0) is 6.54 Å². The SMILES string of the molecule is Cc1nccc(CNc2nc(Cl)nc(N(C)C)n2)n1. The molecule has 2 aromatic heterocycles. The molecule has 0 aliphatic carbocycles. The molecule has 0 atom stereocenters. The Morgan fingerprint density at radius 3 is 2.68 bits per heavy atom. The van der Waals surface area contributed by atoms with Gasteiger partial charge in [0.15, 0.2) is 0 Å². The number of nitrogens with one attached hydrogen (secondary N) is 1. The Morgan fingerprint density at radius 2 is 2.00 bits per heavy atom. The summed E-state index contributed by atoms with van der Waals surface area (Å²) in [6.45, 7) is 2.34. The second-order valence-electron chi connectivity index (χ2n) is 4.07. The van der Waals surface area contributed by atoms with Crippen molar-refractivity contribution in [2.45, 2.75) is 13.5 Å². The number of hydrogen-bond donors (Lipinski definition) is 1. The van der Waals surface area contributed by atoms with Gasteiger partial charge < -0.3 is 10.2 Å².